The number of H-pyrrole nitrogens is 1. The van der Waals surface area contributed by atoms with Gasteiger partial charge in [0.2, 0.25) is 0 Å². The third kappa shape index (κ3) is 2.95. The van der Waals surface area contributed by atoms with Crippen molar-refractivity contribution in [3.05, 3.63) is 47.5 Å². The Balaban J connectivity index is 1.64. The molecule has 4 rings (SSSR count). The lowest BCUT2D eigenvalue weighted by Gasteiger charge is -2.21. The van der Waals surface area contributed by atoms with E-state index in [0.29, 0.717) is 17.2 Å². The standard InChI is InChI=1S/C19H21N5O/c1-12-5-6-14(11-16(12)24-9-3-4-10-24)23-19(25)17-15-7-8-20-18(15)22-13(2)21-17/h5-8,11H,3-4,9-10H2,1-2H3,(H,23,25)(H,20,21,22). The maximum Gasteiger partial charge on any atom is 0.275 e. The number of carbonyl (C=O) groups excluding carboxylic acids is 1. The molecule has 25 heavy (non-hydrogen) atoms. The van der Waals surface area contributed by atoms with E-state index in [1.54, 1.807) is 13.1 Å². The Morgan fingerprint density at radius 2 is 1.96 bits per heavy atom. The molecule has 0 unspecified atom stereocenters. The smallest absolute Gasteiger partial charge is 0.275 e. The molecule has 0 atom stereocenters. The highest BCUT2D eigenvalue weighted by Crippen LogP contribution is 2.28. The molecular weight excluding hydrogens is 314 g/mol. The summed E-state index contributed by atoms with van der Waals surface area (Å²) in [5.74, 6) is 0.355. The van der Waals surface area contributed by atoms with Crippen molar-refractivity contribution in [1.29, 1.82) is 0 Å². The molecule has 2 aromatic heterocycles. The minimum atomic E-state index is -0.216. The van der Waals surface area contributed by atoms with Crippen LogP contribution in [0.2, 0.25) is 0 Å². The molecule has 6 heteroatoms. The number of anilines is 2. The van der Waals surface area contributed by atoms with Gasteiger partial charge in [-0.1, -0.05) is 6.07 Å². The van der Waals surface area contributed by atoms with E-state index in [-0.39, 0.29) is 5.91 Å². The van der Waals surface area contributed by atoms with E-state index >= 15 is 0 Å². The van der Waals surface area contributed by atoms with Crippen LogP contribution in [0.5, 0.6) is 0 Å². The molecule has 1 aliphatic rings. The predicted octanol–water partition coefficient (Wildman–Crippen LogP) is 3.43. The number of hydrogen-bond donors (Lipinski definition) is 2. The van der Waals surface area contributed by atoms with Crippen LogP contribution in [0.15, 0.2) is 30.5 Å². The van der Waals surface area contributed by atoms with Gasteiger partial charge < -0.3 is 15.2 Å². The molecule has 1 aliphatic heterocycles. The van der Waals surface area contributed by atoms with Crippen molar-refractivity contribution in [2.75, 3.05) is 23.3 Å². The molecule has 0 aliphatic carbocycles. The van der Waals surface area contributed by atoms with Gasteiger partial charge in [-0.05, 0) is 50.5 Å². The molecule has 6 nitrogen and oxygen atoms in total. The van der Waals surface area contributed by atoms with Gasteiger partial charge in [0, 0.05) is 30.7 Å². The summed E-state index contributed by atoms with van der Waals surface area (Å²) in [5.41, 5.74) is 4.29. The van der Waals surface area contributed by atoms with Crippen LogP contribution in [-0.2, 0) is 0 Å². The fourth-order valence-corrected chi connectivity index (χ4v) is 3.40. The summed E-state index contributed by atoms with van der Waals surface area (Å²) in [5, 5.41) is 3.72. The highest BCUT2D eigenvalue weighted by molar-refractivity contribution is 6.10. The fourth-order valence-electron chi connectivity index (χ4n) is 3.40. The molecule has 2 N–H and O–H groups in total. The van der Waals surface area contributed by atoms with E-state index in [1.165, 1.54) is 24.1 Å². The molecule has 0 bridgehead atoms. The molecule has 0 saturated carbocycles. The normalized spacial score (nSPS) is 14.2. The van der Waals surface area contributed by atoms with Crippen molar-refractivity contribution in [3.63, 3.8) is 0 Å². The van der Waals surface area contributed by atoms with Gasteiger partial charge in [0.15, 0.2) is 0 Å². The van der Waals surface area contributed by atoms with E-state index in [1.807, 2.05) is 12.1 Å². The molecule has 0 spiro atoms. The average molecular weight is 335 g/mol. The topological polar surface area (TPSA) is 73.9 Å². The van der Waals surface area contributed by atoms with Crippen molar-refractivity contribution in [3.8, 4) is 0 Å². The number of aromatic nitrogens is 3. The predicted molar refractivity (Wildman–Crippen MR) is 99.2 cm³/mol. The Hall–Kier alpha value is -2.89. The van der Waals surface area contributed by atoms with Gasteiger partial charge in [-0.25, -0.2) is 9.97 Å². The van der Waals surface area contributed by atoms with E-state index in [2.05, 4.69) is 44.2 Å². The van der Waals surface area contributed by atoms with E-state index in [0.717, 1.165) is 24.2 Å². The zero-order valence-corrected chi connectivity index (χ0v) is 14.5. The summed E-state index contributed by atoms with van der Waals surface area (Å²) >= 11 is 0. The molecule has 1 amide bonds. The van der Waals surface area contributed by atoms with Gasteiger partial charge in [-0.3, -0.25) is 4.79 Å². The maximum atomic E-state index is 12.8. The molecule has 3 aromatic rings. The first-order valence-corrected chi connectivity index (χ1v) is 8.60. The Kier molecular flexibility index (Phi) is 3.87. The number of hydrogen-bond acceptors (Lipinski definition) is 4. The van der Waals surface area contributed by atoms with E-state index in [9.17, 15) is 4.79 Å². The number of aryl methyl sites for hydroxylation is 2. The minimum Gasteiger partial charge on any atom is -0.371 e. The molecule has 128 valence electrons. The van der Waals surface area contributed by atoms with Crippen LogP contribution in [0.4, 0.5) is 11.4 Å². The summed E-state index contributed by atoms with van der Waals surface area (Å²) in [6.07, 6.45) is 4.22. The number of amides is 1. The van der Waals surface area contributed by atoms with Gasteiger partial charge in [0.1, 0.15) is 17.2 Å². The monoisotopic (exact) mass is 335 g/mol. The quantitative estimate of drug-likeness (QED) is 0.769. The first kappa shape index (κ1) is 15.6. The van der Waals surface area contributed by atoms with Gasteiger partial charge >= 0.3 is 0 Å². The van der Waals surface area contributed by atoms with Crippen LogP contribution in [0, 0.1) is 13.8 Å². The molecular formula is C19H21N5O. The third-order valence-electron chi connectivity index (χ3n) is 4.66. The van der Waals surface area contributed by atoms with Gasteiger partial charge in [-0.15, -0.1) is 0 Å². The van der Waals surface area contributed by atoms with Gasteiger partial charge in [-0.2, -0.15) is 0 Å². The Morgan fingerprint density at radius 3 is 2.76 bits per heavy atom. The second kappa shape index (κ2) is 6.20. The highest BCUT2D eigenvalue weighted by atomic mass is 16.1. The molecule has 1 fully saturated rings. The van der Waals surface area contributed by atoms with Crippen LogP contribution in [0.25, 0.3) is 11.0 Å². The second-order valence-electron chi connectivity index (χ2n) is 6.51. The first-order valence-electron chi connectivity index (χ1n) is 8.60. The average Bonchev–Trinajstić information content (AvgIpc) is 3.26. The van der Waals surface area contributed by atoms with Gasteiger partial charge in [0.05, 0.1) is 5.39 Å². The lowest BCUT2D eigenvalue weighted by Crippen LogP contribution is -2.20. The van der Waals surface area contributed by atoms with Crippen LogP contribution >= 0.6 is 0 Å². The SMILES string of the molecule is Cc1nc(C(=O)Nc2ccc(C)c(N3CCCC3)c2)c2cc[nH]c2n1. The van der Waals surface area contributed by atoms with Crippen LogP contribution in [0.3, 0.4) is 0 Å². The number of rotatable bonds is 3. The number of fused-ring (bicyclic) bond motifs is 1. The molecule has 0 radical (unpaired) electrons. The lowest BCUT2D eigenvalue weighted by atomic mass is 10.1. The number of benzene rings is 1. The van der Waals surface area contributed by atoms with Crippen molar-refractivity contribution >= 4 is 28.3 Å². The largest absolute Gasteiger partial charge is 0.371 e. The number of nitrogens with one attached hydrogen (secondary N) is 2. The van der Waals surface area contributed by atoms with Crippen molar-refractivity contribution < 1.29 is 4.79 Å². The Bertz CT molecular complexity index is 940. The van der Waals surface area contributed by atoms with Gasteiger partial charge in [0.25, 0.3) is 5.91 Å². The molecule has 3 heterocycles. The third-order valence-corrected chi connectivity index (χ3v) is 4.66. The van der Waals surface area contributed by atoms with Crippen molar-refractivity contribution in [2.24, 2.45) is 0 Å². The summed E-state index contributed by atoms with van der Waals surface area (Å²) < 4.78 is 0. The van der Waals surface area contributed by atoms with Crippen LogP contribution in [-0.4, -0.2) is 33.9 Å². The number of carbonyl (C=O) groups is 1. The maximum absolute atomic E-state index is 12.8. The van der Waals surface area contributed by atoms with Crippen molar-refractivity contribution in [2.45, 2.75) is 26.7 Å². The zero-order valence-electron chi connectivity index (χ0n) is 14.5. The van der Waals surface area contributed by atoms with E-state index < -0.39 is 0 Å². The number of nitrogens with zero attached hydrogens (tertiary/aromatic N) is 3. The number of aromatic amines is 1. The van der Waals surface area contributed by atoms with Crippen LogP contribution < -0.4 is 10.2 Å². The molecule has 1 aromatic carbocycles. The van der Waals surface area contributed by atoms with Crippen molar-refractivity contribution in [1.82, 2.24) is 15.0 Å². The minimum absolute atomic E-state index is 0.216. The summed E-state index contributed by atoms with van der Waals surface area (Å²) in [6, 6.07) is 7.88. The summed E-state index contributed by atoms with van der Waals surface area (Å²) in [4.78, 5) is 26.8. The Morgan fingerprint density at radius 1 is 1.16 bits per heavy atom. The lowest BCUT2D eigenvalue weighted by molar-refractivity contribution is 0.102. The van der Waals surface area contributed by atoms with E-state index in [4.69, 9.17) is 0 Å². The Labute approximate surface area is 146 Å². The molecule has 1 saturated heterocycles. The summed E-state index contributed by atoms with van der Waals surface area (Å²) in [6.45, 7) is 6.05. The second-order valence-corrected chi connectivity index (χ2v) is 6.51. The highest BCUT2D eigenvalue weighted by Gasteiger charge is 2.17. The first-order chi connectivity index (χ1) is 12.1. The summed E-state index contributed by atoms with van der Waals surface area (Å²) in [7, 11) is 0. The zero-order chi connectivity index (χ0) is 17.4. The fraction of sp³-hybridized carbons (Fsp3) is 0.316. The van der Waals surface area contributed by atoms with Crippen LogP contribution in [0.1, 0.15) is 34.7 Å².